The van der Waals surface area contributed by atoms with E-state index in [9.17, 15) is 5.11 Å². The number of pyridine rings is 1. The zero-order valence-corrected chi connectivity index (χ0v) is 14.4. The number of fused-ring (bicyclic) bond motifs is 2. The topological polar surface area (TPSA) is 60.8 Å². The van der Waals surface area contributed by atoms with Gasteiger partial charge in [0.15, 0.2) is 23.0 Å². The lowest BCUT2D eigenvalue weighted by atomic mass is 10.1. The minimum Gasteiger partial charge on any atom is -0.504 e. The summed E-state index contributed by atoms with van der Waals surface area (Å²) in [7, 11) is 3.16. The SMILES string of the molecule is COc1cc2nccc(Oc3cc4ccccc4cc3O)c2cc1OC. The highest BCUT2D eigenvalue weighted by Gasteiger charge is 2.13. The van der Waals surface area contributed by atoms with Crippen LogP contribution in [0.25, 0.3) is 21.7 Å². The highest BCUT2D eigenvalue weighted by Crippen LogP contribution is 2.39. The molecule has 0 radical (unpaired) electrons. The van der Waals surface area contributed by atoms with Crippen molar-refractivity contribution in [2.24, 2.45) is 0 Å². The lowest BCUT2D eigenvalue weighted by molar-refractivity contribution is 0.355. The Morgan fingerprint density at radius 1 is 0.769 bits per heavy atom. The van der Waals surface area contributed by atoms with Crippen molar-refractivity contribution in [3.05, 3.63) is 60.8 Å². The molecule has 0 aliphatic rings. The Balaban J connectivity index is 1.83. The van der Waals surface area contributed by atoms with E-state index in [-0.39, 0.29) is 5.75 Å². The minimum absolute atomic E-state index is 0.0779. The van der Waals surface area contributed by atoms with Gasteiger partial charge < -0.3 is 19.3 Å². The van der Waals surface area contributed by atoms with Crippen LogP contribution in [0.3, 0.4) is 0 Å². The van der Waals surface area contributed by atoms with Gasteiger partial charge in [0.05, 0.1) is 19.7 Å². The van der Waals surface area contributed by atoms with Gasteiger partial charge in [0.1, 0.15) is 5.75 Å². The Kier molecular flexibility index (Phi) is 3.97. The number of aromatic nitrogens is 1. The predicted molar refractivity (Wildman–Crippen MR) is 101 cm³/mol. The van der Waals surface area contributed by atoms with Crippen LogP contribution in [0.1, 0.15) is 0 Å². The average molecular weight is 347 g/mol. The smallest absolute Gasteiger partial charge is 0.169 e. The summed E-state index contributed by atoms with van der Waals surface area (Å²) in [5, 5.41) is 13.0. The molecule has 1 aromatic heterocycles. The molecule has 0 atom stereocenters. The molecule has 0 amide bonds. The van der Waals surface area contributed by atoms with Gasteiger partial charge in [-0.2, -0.15) is 0 Å². The van der Waals surface area contributed by atoms with Gasteiger partial charge in [0, 0.05) is 17.6 Å². The molecule has 1 N–H and O–H groups in total. The van der Waals surface area contributed by atoms with Crippen LogP contribution in [0.5, 0.6) is 28.7 Å². The predicted octanol–water partition coefficient (Wildman–Crippen LogP) is 4.90. The maximum Gasteiger partial charge on any atom is 0.169 e. The Morgan fingerprint density at radius 2 is 1.46 bits per heavy atom. The zero-order chi connectivity index (χ0) is 18.1. The van der Waals surface area contributed by atoms with E-state index in [4.69, 9.17) is 14.2 Å². The Hall–Kier alpha value is -3.47. The summed E-state index contributed by atoms with van der Waals surface area (Å²) in [6.07, 6.45) is 1.65. The van der Waals surface area contributed by atoms with Crippen molar-refractivity contribution >= 4 is 21.7 Å². The monoisotopic (exact) mass is 347 g/mol. The first kappa shape index (κ1) is 16.0. The number of nitrogens with zero attached hydrogens (tertiary/aromatic N) is 1. The number of ether oxygens (including phenoxy) is 3. The fourth-order valence-corrected chi connectivity index (χ4v) is 2.94. The highest BCUT2D eigenvalue weighted by molar-refractivity contribution is 5.89. The van der Waals surface area contributed by atoms with Gasteiger partial charge >= 0.3 is 0 Å². The van der Waals surface area contributed by atoms with Crippen molar-refractivity contribution in [1.29, 1.82) is 0 Å². The Labute approximate surface area is 150 Å². The first-order chi connectivity index (χ1) is 12.7. The average Bonchev–Trinajstić information content (AvgIpc) is 2.67. The molecule has 0 saturated carbocycles. The summed E-state index contributed by atoms with van der Waals surface area (Å²) in [5.74, 6) is 2.21. The first-order valence-electron chi connectivity index (χ1n) is 8.10. The number of hydrogen-bond acceptors (Lipinski definition) is 5. The Bertz CT molecular complexity index is 1110. The van der Waals surface area contributed by atoms with Crippen LogP contribution in [0.4, 0.5) is 0 Å². The lowest BCUT2D eigenvalue weighted by Crippen LogP contribution is -1.93. The molecular weight excluding hydrogens is 330 g/mol. The van der Waals surface area contributed by atoms with Crippen molar-refractivity contribution in [3.63, 3.8) is 0 Å². The van der Waals surface area contributed by atoms with Crippen LogP contribution >= 0.6 is 0 Å². The summed E-state index contributed by atoms with van der Waals surface area (Å²) in [4.78, 5) is 4.36. The third-order valence-electron chi connectivity index (χ3n) is 4.25. The van der Waals surface area contributed by atoms with E-state index < -0.39 is 0 Å². The number of phenolic OH excluding ortho intramolecular Hbond substituents is 1. The lowest BCUT2D eigenvalue weighted by Gasteiger charge is -2.13. The molecule has 0 unspecified atom stereocenters. The van der Waals surface area contributed by atoms with Gasteiger partial charge in [-0.15, -0.1) is 0 Å². The van der Waals surface area contributed by atoms with Gasteiger partial charge in [-0.3, -0.25) is 4.98 Å². The normalized spacial score (nSPS) is 10.8. The number of aromatic hydroxyl groups is 1. The molecule has 0 spiro atoms. The van der Waals surface area contributed by atoms with E-state index in [2.05, 4.69) is 4.98 Å². The molecule has 5 heteroatoms. The molecular formula is C21H17NO4. The van der Waals surface area contributed by atoms with Crippen LogP contribution in [-0.2, 0) is 0 Å². The summed E-state index contributed by atoms with van der Waals surface area (Å²) < 4.78 is 16.7. The zero-order valence-electron chi connectivity index (χ0n) is 14.4. The minimum atomic E-state index is 0.0779. The molecule has 26 heavy (non-hydrogen) atoms. The van der Waals surface area contributed by atoms with Crippen LogP contribution in [0.2, 0.25) is 0 Å². The van der Waals surface area contributed by atoms with Gasteiger partial charge in [-0.1, -0.05) is 24.3 Å². The molecule has 130 valence electrons. The van der Waals surface area contributed by atoms with Crippen molar-refractivity contribution in [2.75, 3.05) is 14.2 Å². The quantitative estimate of drug-likeness (QED) is 0.569. The molecule has 0 saturated heterocycles. The largest absolute Gasteiger partial charge is 0.504 e. The summed E-state index contributed by atoms with van der Waals surface area (Å²) in [5.41, 5.74) is 0.709. The molecule has 5 nitrogen and oxygen atoms in total. The second-order valence-electron chi connectivity index (χ2n) is 5.80. The third-order valence-corrected chi connectivity index (χ3v) is 4.25. The van der Waals surface area contributed by atoms with E-state index in [1.807, 2.05) is 36.4 Å². The van der Waals surface area contributed by atoms with Crippen molar-refractivity contribution in [2.45, 2.75) is 0 Å². The number of methoxy groups -OCH3 is 2. The number of rotatable bonds is 4. The number of phenols is 1. The van der Waals surface area contributed by atoms with Gasteiger partial charge in [-0.05, 0) is 35.0 Å². The van der Waals surface area contributed by atoms with Crippen molar-refractivity contribution in [1.82, 2.24) is 4.98 Å². The summed E-state index contributed by atoms with van der Waals surface area (Å²) in [6.45, 7) is 0. The second kappa shape index (κ2) is 6.44. The van der Waals surface area contributed by atoms with E-state index in [0.717, 1.165) is 16.2 Å². The van der Waals surface area contributed by atoms with Crippen molar-refractivity contribution < 1.29 is 19.3 Å². The van der Waals surface area contributed by atoms with E-state index >= 15 is 0 Å². The van der Waals surface area contributed by atoms with Gasteiger partial charge in [0.2, 0.25) is 0 Å². The number of hydrogen-bond donors (Lipinski definition) is 1. The molecule has 0 fully saturated rings. The maximum atomic E-state index is 10.3. The fraction of sp³-hybridized carbons (Fsp3) is 0.0952. The fourth-order valence-electron chi connectivity index (χ4n) is 2.94. The second-order valence-corrected chi connectivity index (χ2v) is 5.80. The van der Waals surface area contributed by atoms with Gasteiger partial charge in [-0.25, -0.2) is 0 Å². The van der Waals surface area contributed by atoms with Crippen LogP contribution < -0.4 is 14.2 Å². The molecule has 4 rings (SSSR count). The van der Waals surface area contributed by atoms with E-state index in [1.54, 1.807) is 38.6 Å². The Morgan fingerprint density at radius 3 is 2.19 bits per heavy atom. The first-order valence-corrected chi connectivity index (χ1v) is 8.10. The third kappa shape index (κ3) is 2.73. The van der Waals surface area contributed by atoms with Crippen LogP contribution in [0, 0.1) is 0 Å². The van der Waals surface area contributed by atoms with Crippen molar-refractivity contribution in [3.8, 4) is 28.7 Å². The number of benzene rings is 3. The highest BCUT2D eigenvalue weighted by atomic mass is 16.5. The molecule has 0 aliphatic heterocycles. The molecule has 4 aromatic rings. The molecule has 3 aromatic carbocycles. The summed E-state index contributed by atoms with van der Waals surface area (Å²) >= 11 is 0. The van der Waals surface area contributed by atoms with E-state index in [1.165, 1.54) is 0 Å². The maximum absolute atomic E-state index is 10.3. The molecule has 1 heterocycles. The van der Waals surface area contributed by atoms with Crippen LogP contribution in [-0.4, -0.2) is 24.3 Å². The summed E-state index contributed by atoms with van der Waals surface area (Å²) in [6, 6.07) is 16.7. The van der Waals surface area contributed by atoms with Gasteiger partial charge in [0.25, 0.3) is 0 Å². The molecule has 0 aliphatic carbocycles. The molecule has 0 bridgehead atoms. The van der Waals surface area contributed by atoms with E-state index in [0.29, 0.717) is 28.5 Å². The van der Waals surface area contributed by atoms with Crippen LogP contribution in [0.15, 0.2) is 60.8 Å². The standard InChI is InChI=1S/C21H17NO4/c1-24-20-11-15-16(12-21(20)25-2)22-8-7-18(15)26-19-10-14-6-4-3-5-13(14)9-17(19)23/h3-12,23H,1-2H3.